The predicted octanol–water partition coefficient (Wildman–Crippen LogP) is 2.74. The normalized spacial score (nSPS) is 27.5. The Bertz CT molecular complexity index is 920. The van der Waals surface area contributed by atoms with Gasteiger partial charge in [0.05, 0.1) is 6.10 Å². The molecule has 3 saturated heterocycles. The van der Waals surface area contributed by atoms with Gasteiger partial charge in [0.2, 0.25) is 5.91 Å². The van der Waals surface area contributed by atoms with Crippen molar-refractivity contribution >= 4 is 17.6 Å². The van der Waals surface area contributed by atoms with Crippen LogP contribution in [0.3, 0.4) is 0 Å². The fourth-order valence-electron chi connectivity index (χ4n) is 5.87. The van der Waals surface area contributed by atoms with Gasteiger partial charge >= 0.3 is 0 Å². The molecule has 2 amide bonds. The SMILES string of the molecule is CC[C@H](C)C(NC(=O)c1ccc(C2CCN(C3CC3)CC2)cc1)C(=O)N1CC[C@H]2OCC(=O)[C@H]21. The van der Waals surface area contributed by atoms with Crippen LogP contribution in [0, 0.1) is 5.92 Å². The number of carbonyl (C=O) groups excluding carboxylic acids is 3. The number of hydrogen-bond acceptors (Lipinski definition) is 5. The van der Waals surface area contributed by atoms with E-state index >= 15 is 0 Å². The molecular weight excluding hydrogens is 430 g/mol. The molecule has 5 rings (SSSR count). The molecule has 1 unspecified atom stereocenters. The summed E-state index contributed by atoms with van der Waals surface area (Å²) in [6.07, 6.45) is 6.29. The number of Topliss-reactive ketones (excluding diaryl/α,β-unsaturated/α-hetero) is 1. The molecular formula is C27H37N3O4. The lowest BCUT2D eigenvalue weighted by atomic mass is 9.89. The van der Waals surface area contributed by atoms with E-state index in [0.717, 1.165) is 12.5 Å². The lowest BCUT2D eigenvalue weighted by Crippen LogP contribution is -2.54. The number of rotatable bonds is 7. The van der Waals surface area contributed by atoms with E-state index in [-0.39, 0.29) is 36.2 Å². The molecule has 1 aliphatic carbocycles. The van der Waals surface area contributed by atoms with Crippen LogP contribution in [0.1, 0.15) is 74.2 Å². The molecule has 1 aromatic rings. The molecule has 34 heavy (non-hydrogen) atoms. The Morgan fingerprint density at radius 3 is 2.41 bits per heavy atom. The Balaban J connectivity index is 1.23. The molecule has 4 fully saturated rings. The van der Waals surface area contributed by atoms with Crippen LogP contribution in [0.15, 0.2) is 24.3 Å². The van der Waals surface area contributed by atoms with Crippen molar-refractivity contribution in [3.63, 3.8) is 0 Å². The molecule has 1 aromatic carbocycles. The average Bonchev–Trinajstić information content (AvgIpc) is 3.53. The number of nitrogens with one attached hydrogen (secondary N) is 1. The van der Waals surface area contributed by atoms with E-state index in [2.05, 4.69) is 22.3 Å². The maximum absolute atomic E-state index is 13.4. The largest absolute Gasteiger partial charge is 0.368 e. The Hall–Kier alpha value is -2.25. The summed E-state index contributed by atoms with van der Waals surface area (Å²) < 4.78 is 5.53. The molecule has 1 saturated carbocycles. The Labute approximate surface area is 202 Å². The second-order valence-electron chi connectivity index (χ2n) is 10.6. The number of ketones is 1. The van der Waals surface area contributed by atoms with Gasteiger partial charge < -0.3 is 19.9 Å². The molecule has 3 heterocycles. The molecule has 7 heteroatoms. The first-order valence-corrected chi connectivity index (χ1v) is 13.1. The molecule has 0 radical (unpaired) electrons. The predicted molar refractivity (Wildman–Crippen MR) is 129 cm³/mol. The summed E-state index contributed by atoms with van der Waals surface area (Å²) in [7, 11) is 0. The van der Waals surface area contributed by atoms with Crippen LogP contribution in [0.25, 0.3) is 0 Å². The summed E-state index contributed by atoms with van der Waals surface area (Å²) in [6.45, 7) is 6.89. The molecule has 0 spiro atoms. The average molecular weight is 468 g/mol. The smallest absolute Gasteiger partial charge is 0.251 e. The van der Waals surface area contributed by atoms with Crippen LogP contribution in [-0.2, 0) is 14.3 Å². The maximum Gasteiger partial charge on any atom is 0.251 e. The van der Waals surface area contributed by atoms with Gasteiger partial charge in [-0.1, -0.05) is 32.4 Å². The number of carbonyl (C=O) groups is 3. The van der Waals surface area contributed by atoms with Crippen LogP contribution in [0.2, 0.25) is 0 Å². The maximum atomic E-state index is 13.4. The summed E-state index contributed by atoms with van der Waals surface area (Å²) in [4.78, 5) is 43.1. The standard InChI is InChI=1S/C27H37N3O4/c1-3-17(2)24(27(33)30-15-12-23-25(30)22(31)16-34-23)28-26(32)20-6-4-18(5-7-20)19-10-13-29(14-11-19)21-8-9-21/h4-7,17,19,21,23-25H,3,8-16H2,1-2H3,(H,28,32)/t17-,23+,24?,25+/m0/s1. The van der Waals surface area contributed by atoms with E-state index < -0.39 is 12.1 Å². The van der Waals surface area contributed by atoms with E-state index in [4.69, 9.17) is 4.74 Å². The van der Waals surface area contributed by atoms with Gasteiger partial charge in [0.25, 0.3) is 5.91 Å². The van der Waals surface area contributed by atoms with Crippen LogP contribution >= 0.6 is 0 Å². The van der Waals surface area contributed by atoms with E-state index in [1.54, 1.807) is 4.90 Å². The number of benzene rings is 1. The topological polar surface area (TPSA) is 79.0 Å². The molecule has 184 valence electrons. The zero-order valence-electron chi connectivity index (χ0n) is 20.4. The van der Waals surface area contributed by atoms with Crippen molar-refractivity contribution in [1.82, 2.24) is 15.1 Å². The van der Waals surface area contributed by atoms with Gasteiger partial charge in [0, 0.05) is 18.2 Å². The highest BCUT2D eigenvalue weighted by Gasteiger charge is 2.48. The van der Waals surface area contributed by atoms with E-state index in [1.165, 1.54) is 44.3 Å². The van der Waals surface area contributed by atoms with Gasteiger partial charge in [-0.3, -0.25) is 14.4 Å². The first-order valence-electron chi connectivity index (χ1n) is 13.1. The fourth-order valence-corrected chi connectivity index (χ4v) is 5.87. The van der Waals surface area contributed by atoms with Gasteiger partial charge in [0.15, 0.2) is 5.78 Å². The number of likely N-dealkylation sites (tertiary alicyclic amines) is 2. The lowest BCUT2D eigenvalue weighted by molar-refractivity contribution is -0.139. The van der Waals surface area contributed by atoms with Gasteiger partial charge in [-0.15, -0.1) is 0 Å². The van der Waals surface area contributed by atoms with Gasteiger partial charge in [-0.2, -0.15) is 0 Å². The summed E-state index contributed by atoms with van der Waals surface area (Å²) in [5.74, 6) is 0.0647. The second kappa shape index (κ2) is 9.78. The van der Waals surface area contributed by atoms with E-state index in [0.29, 0.717) is 24.4 Å². The van der Waals surface area contributed by atoms with Crippen molar-refractivity contribution in [3.8, 4) is 0 Å². The summed E-state index contributed by atoms with van der Waals surface area (Å²) in [5.41, 5.74) is 1.87. The molecule has 4 aliphatic rings. The van der Waals surface area contributed by atoms with Crippen molar-refractivity contribution in [3.05, 3.63) is 35.4 Å². The summed E-state index contributed by atoms with van der Waals surface area (Å²) in [5, 5.41) is 2.99. The first-order chi connectivity index (χ1) is 16.5. The first kappa shape index (κ1) is 23.5. The van der Waals surface area contributed by atoms with Gasteiger partial charge in [-0.05, 0) is 74.7 Å². The zero-order chi connectivity index (χ0) is 23.8. The zero-order valence-corrected chi connectivity index (χ0v) is 20.4. The highest BCUT2D eigenvalue weighted by molar-refractivity contribution is 5.99. The third kappa shape index (κ3) is 4.65. The van der Waals surface area contributed by atoms with Gasteiger partial charge in [0.1, 0.15) is 18.7 Å². The summed E-state index contributed by atoms with van der Waals surface area (Å²) >= 11 is 0. The molecule has 0 aromatic heterocycles. The Morgan fingerprint density at radius 1 is 1.06 bits per heavy atom. The minimum Gasteiger partial charge on any atom is -0.368 e. The van der Waals surface area contributed by atoms with Crippen molar-refractivity contribution in [1.29, 1.82) is 0 Å². The second-order valence-corrected chi connectivity index (χ2v) is 10.6. The monoisotopic (exact) mass is 467 g/mol. The van der Waals surface area contributed by atoms with Gasteiger partial charge in [-0.25, -0.2) is 0 Å². The van der Waals surface area contributed by atoms with E-state index in [1.807, 2.05) is 26.0 Å². The van der Waals surface area contributed by atoms with E-state index in [9.17, 15) is 14.4 Å². The molecule has 0 bridgehead atoms. The number of nitrogens with zero attached hydrogens (tertiary/aromatic N) is 2. The highest BCUT2D eigenvalue weighted by atomic mass is 16.5. The number of hydrogen-bond donors (Lipinski definition) is 1. The Kier molecular flexibility index (Phi) is 6.76. The number of fused-ring (bicyclic) bond motifs is 1. The molecule has 7 nitrogen and oxygen atoms in total. The Morgan fingerprint density at radius 2 is 1.76 bits per heavy atom. The van der Waals surface area contributed by atoms with Crippen molar-refractivity contribution in [2.45, 2.75) is 82.5 Å². The number of amides is 2. The van der Waals surface area contributed by atoms with Crippen LogP contribution < -0.4 is 5.32 Å². The molecule has 3 aliphatic heterocycles. The molecule has 4 atom stereocenters. The van der Waals surface area contributed by atoms with Crippen LogP contribution in [0.4, 0.5) is 0 Å². The van der Waals surface area contributed by atoms with Crippen LogP contribution in [-0.4, -0.2) is 77.9 Å². The summed E-state index contributed by atoms with van der Waals surface area (Å²) in [6, 6.07) is 7.60. The van der Waals surface area contributed by atoms with Crippen molar-refractivity contribution in [2.75, 3.05) is 26.2 Å². The number of ether oxygens (including phenoxy) is 1. The number of piperidine rings is 1. The highest BCUT2D eigenvalue weighted by Crippen LogP contribution is 2.34. The molecule has 1 N–H and O–H groups in total. The quantitative estimate of drug-likeness (QED) is 0.667. The van der Waals surface area contributed by atoms with Crippen molar-refractivity contribution < 1.29 is 19.1 Å². The fraction of sp³-hybridized carbons (Fsp3) is 0.667. The third-order valence-electron chi connectivity index (χ3n) is 8.40. The van der Waals surface area contributed by atoms with Crippen LogP contribution in [0.5, 0.6) is 0 Å². The van der Waals surface area contributed by atoms with Crippen molar-refractivity contribution in [2.24, 2.45) is 5.92 Å². The lowest BCUT2D eigenvalue weighted by Gasteiger charge is -2.32. The minimum atomic E-state index is -0.656. The minimum absolute atomic E-state index is 0.0381. The third-order valence-corrected chi connectivity index (χ3v) is 8.40.